The predicted molar refractivity (Wildman–Crippen MR) is 113 cm³/mol. The molecule has 31 heavy (non-hydrogen) atoms. The van der Waals surface area contributed by atoms with E-state index in [9.17, 15) is 9.50 Å². The van der Waals surface area contributed by atoms with Gasteiger partial charge in [-0.3, -0.25) is 4.98 Å². The Bertz CT molecular complexity index is 1170. The van der Waals surface area contributed by atoms with E-state index in [1.165, 1.54) is 23.9 Å². The average Bonchev–Trinajstić information content (AvgIpc) is 3.18. The fraction of sp³-hybridized carbons (Fsp3) is 0.182. The fourth-order valence-corrected chi connectivity index (χ4v) is 3.47. The molecule has 7 nitrogen and oxygen atoms in total. The van der Waals surface area contributed by atoms with Gasteiger partial charge in [-0.05, 0) is 62.0 Å². The lowest BCUT2D eigenvalue weighted by Crippen LogP contribution is -2.17. The minimum atomic E-state index is -1.06. The van der Waals surface area contributed by atoms with Crippen molar-refractivity contribution < 1.29 is 18.7 Å². The van der Waals surface area contributed by atoms with Crippen molar-refractivity contribution >= 4 is 11.8 Å². The number of hydrogen-bond donors (Lipinski definition) is 1. The van der Waals surface area contributed by atoms with Crippen LogP contribution >= 0.6 is 11.8 Å². The Labute approximate surface area is 182 Å². The summed E-state index contributed by atoms with van der Waals surface area (Å²) in [6, 6.07) is 9.43. The van der Waals surface area contributed by atoms with Crippen molar-refractivity contribution in [1.82, 2.24) is 19.9 Å². The van der Waals surface area contributed by atoms with Crippen LogP contribution in [-0.4, -0.2) is 32.2 Å². The SMILES string of the molecule is COc1cnc(Sc2oc(-c3ccc(F)cc3)nc2-c2ccc(C(C)(C)O)nc2)nc1. The van der Waals surface area contributed by atoms with Gasteiger partial charge in [-0.2, -0.15) is 0 Å². The molecule has 1 N–H and O–H groups in total. The van der Waals surface area contributed by atoms with Gasteiger partial charge < -0.3 is 14.3 Å². The van der Waals surface area contributed by atoms with Crippen molar-refractivity contribution in [3.8, 4) is 28.5 Å². The van der Waals surface area contributed by atoms with Crippen molar-refractivity contribution in [2.24, 2.45) is 0 Å². The molecule has 0 spiro atoms. The van der Waals surface area contributed by atoms with Gasteiger partial charge in [0.05, 0.1) is 25.2 Å². The lowest BCUT2D eigenvalue weighted by atomic mass is 10.0. The maximum Gasteiger partial charge on any atom is 0.228 e. The molecule has 0 saturated carbocycles. The number of rotatable bonds is 6. The Hall–Kier alpha value is -3.30. The van der Waals surface area contributed by atoms with E-state index >= 15 is 0 Å². The van der Waals surface area contributed by atoms with E-state index in [-0.39, 0.29) is 5.82 Å². The summed E-state index contributed by atoms with van der Waals surface area (Å²) in [4.78, 5) is 17.5. The molecule has 0 saturated heterocycles. The van der Waals surface area contributed by atoms with Crippen LogP contribution in [0.25, 0.3) is 22.7 Å². The Morgan fingerprint density at radius 2 is 1.65 bits per heavy atom. The zero-order valence-electron chi connectivity index (χ0n) is 17.0. The lowest BCUT2D eigenvalue weighted by Gasteiger charge is -2.16. The molecule has 0 aliphatic rings. The van der Waals surface area contributed by atoms with Crippen LogP contribution in [0, 0.1) is 5.82 Å². The van der Waals surface area contributed by atoms with Gasteiger partial charge in [-0.25, -0.2) is 19.3 Å². The first-order valence-electron chi connectivity index (χ1n) is 9.33. The molecular formula is C22H19FN4O3S. The Kier molecular flexibility index (Phi) is 5.71. The Morgan fingerprint density at radius 1 is 0.968 bits per heavy atom. The van der Waals surface area contributed by atoms with E-state index in [1.807, 2.05) is 6.07 Å². The quantitative estimate of drug-likeness (QED) is 0.432. The molecule has 0 unspecified atom stereocenters. The predicted octanol–water partition coefficient (Wildman–Crippen LogP) is 4.72. The van der Waals surface area contributed by atoms with Gasteiger partial charge in [0.25, 0.3) is 0 Å². The van der Waals surface area contributed by atoms with Gasteiger partial charge in [-0.15, -0.1) is 0 Å². The topological polar surface area (TPSA) is 94.2 Å². The summed E-state index contributed by atoms with van der Waals surface area (Å²) in [5.41, 5.74) is 1.34. The molecule has 0 aliphatic carbocycles. The van der Waals surface area contributed by atoms with Crippen molar-refractivity contribution in [2.75, 3.05) is 7.11 Å². The third-order valence-corrected chi connectivity index (χ3v) is 5.23. The molecule has 4 aromatic rings. The van der Waals surface area contributed by atoms with Crippen LogP contribution < -0.4 is 4.74 Å². The summed E-state index contributed by atoms with van der Waals surface area (Å²) in [7, 11) is 1.54. The molecule has 0 aliphatic heterocycles. The molecule has 0 fully saturated rings. The highest BCUT2D eigenvalue weighted by atomic mass is 32.2. The third-order valence-electron chi connectivity index (χ3n) is 4.38. The number of hydrogen-bond acceptors (Lipinski definition) is 8. The van der Waals surface area contributed by atoms with E-state index in [4.69, 9.17) is 9.15 Å². The second-order valence-electron chi connectivity index (χ2n) is 7.16. The van der Waals surface area contributed by atoms with Crippen LogP contribution in [0.4, 0.5) is 4.39 Å². The molecule has 1 aromatic carbocycles. The number of methoxy groups -OCH3 is 1. The highest BCUT2D eigenvalue weighted by Gasteiger charge is 2.21. The minimum Gasteiger partial charge on any atom is -0.494 e. The molecule has 0 bridgehead atoms. The monoisotopic (exact) mass is 438 g/mol. The number of benzene rings is 1. The molecule has 0 amide bonds. The Balaban J connectivity index is 1.74. The average molecular weight is 438 g/mol. The highest BCUT2D eigenvalue weighted by molar-refractivity contribution is 7.99. The summed E-state index contributed by atoms with van der Waals surface area (Å²) >= 11 is 1.20. The van der Waals surface area contributed by atoms with Crippen LogP contribution in [0.1, 0.15) is 19.5 Å². The number of halogens is 1. The van der Waals surface area contributed by atoms with E-state index in [0.717, 1.165) is 0 Å². The maximum absolute atomic E-state index is 13.3. The number of oxazole rings is 1. The van der Waals surface area contributed by atoms with Crippen LogP contribution in [0.3, 0.4) is 0 Å². The first-order chi connectivity index (χ1) is 14.8. The lowest BCUT2D eigenvalue weighted by molar-refractivity contribution is 0.0739. The van der Waals surface area contributed by atoms with Crippen LogP contribution in [0.15, 0.2) is 69.7 Å². The zero-order chi connectivity index (χ0) is 22.0. The first-order valence-corrected chi connectivity index (χ1v) is 10.1. The van der Waals surface area contributed by atoms with Crippen molar-refractivity contribution in [3.63, 3.8) is 0 Å². The minimum absolute atomic E-state index is 0.331. The van der Waals surface area contributed by atoms with Crippen molar-refractivity contribution in [1.29, 1.82) is 0 Å². The molecule has 0 atom stereocenters. The summed E-state index contributed by atoms with van der Waals surface area (Å²) in [5.74, 6) is 0.529. The van der Waals surface area contributed by atoms with Crippen LogP contribution in [0.5, 0.6) is 5.75 Å². The number of aliphatic hydroxyl groups is 1. The van der Waals surface area contributed by atoms with E-state index < -0.39 is 5.60 Å². The van der Waals surface area contributed by atoms with Crippen molar-refractivity contribution in [2.45, 2.75) is 29.7 Å². The van der Waals surface area contributed by atoms with E-state index in [1.54, 1.807) is 57.7 Å². The standard InChI is InChI=1S/C22H19FN4O3S/c1-22(2,28)17-9-6-14(10-24-17)18-20(31-21-25-11-16(29-3)12-26-21)30-19(27-18)13-4-7-15(23)8-5-13/h4-12,28H,1-3H3. The summed E-state index contributed by atoms with van der Waals surface area (Å²) in [6.07, 6.45) is 4.75. The van der Waals surface area contributed by atoms with Gasteiger partial charge in [-0.1, -0.05) is 0 Å². The Morgan fingerprint density at radius 3 is 2.23 bits per heavy atom. The molecule has 3 heterocycles. The van der Waals surface area contributed by atoms with Gasteiger partial charge in [0, 0.05) is 17.3 Å². The number of ether oxygens (including phenoxy) is 1. The normalized spacial score (nSPS) is 11.5. The molecule has 3 aromatic heterocycles. The molecule has 158 valence electrons. The van der Waals surface area contributed by atoms with Gasteiger partial charge in [0.15, 0.2) is 16.0 Å². The second-order valence-corrected chi connectivity index (χ2v) is 8.10. The highest BCUT2D eigenvalue weighted by Crippen LogP contribution is 2.38. The smallest absolute Gasteiger partial charge is 0.228 e. The molecule has 0 radical (unpaired) electrons. The van der Waals surface area contributed by atoms with Gasteiger partial charge in [0.1, 0.15) is 17.1 Å². The van der Waals surface area contributed by atoms with E-state index in [0.29, 0.717) is 44.4 Å². The van der Waals surface area contributed by atoms with Gasteiger partial charge >= 0.3 is 0 Å². The number of pyridine rings is 1. The second kappa shape index (κ2) is 8.44. The van der Waals surface area contributed by atoms with Crippen LogP contribution in [0.2, 0.25) is 0 Å². The van der Waals surface area contributed by atoms with Gasteiger partial charge in [0.2, 0.25) is 5.89 Å². The first kappa shape index (κ1) is 21.0. The number of nitrogens with zero attached hydrogens (tertiary/aromatic N) is 4. The zero-order valence-corrected chi connectivity index (χ0v) is 17.9. The summed E-state index contributed by atoms with van der Waals surface area (Å²) < 4.78 is 24.4. The molecule has 4 rings (SSSR count). The summed E-state index contributed by atoms with van der Waals surface area (Å²) in [5, 5.41) is 11.1. The largest absolute Gasteiger partial charge is 0.494 e. The maximum atomic E-state index is 13.3. The third kappa shape index (κ3) is 4.73. The van der Waals surface area contributed by atoms with Crippen LogP contribution in [-0.2, 0) is 5.60 Å². The number of aromatic nitrogens is 4. The summed E-state index contributed by atoms with van der Waals surface area (Å²) in [6.45, 7) is 3.33. The fourth-order valence-electron chi connectivity index (χ4n) is 2.71. The van der Waals surface area contributed by atoms with E-state index in [2.05, 4.69) is 19.9 Å². The molecule has 9 heteroatoms. The van der Waals surface area contributed by atoms with Crippen molar-refractivity contribution in [3.05, 3.63) is 66.5 Å². The molecular weight excluding hydrogens is 419 g/mol.